The minimum Gasteiger partial charge on any atom is -0.508 e. The normalized spacial score (nSPS) is 10.6. The number of carbonyl (C=O) groups is 2. The molecule has 2 N–H and O–H groups in total. The summed E-state index contributed by atoms with van der Waals surface area (Å²) in [4.78, 5) is 23.4. The number of Topliss-reactive ketones (excluding diaryl/α,β-unsaturated/α-hetero) is 1. The number of rotatable bonds is 10. The van der Waals surface area contributed by atoms with Crippen molar-refractivity contribution >= 4 is 12.1 Å². The molecule has 0 aliphatic heterocycles. The van der Waals surface area contributed by atoms with Crippen molar-refractivity contribution in [1.29, 1.82) is 0 Å². The van der Waals surface area contributed by atoms with Gasteiger partial charge in [0, 0.05) is 18.9 Å². The van der Waals surface area contributed by atoms with Crippen molar-refractivity contribution in [2.24, 2.45) is 0 Å². The van der Waals surface area contributed by atoms with E-state index in [0.29, 0.717) is 30.3 Å². The highest BCUT2D eigenvalue weighted by Gasteiger charge is 2.19. The first-order chi connectivity index (χ1) is 10.5. The van der Waals surface area contributed by atoms with Crippen LogP contribution in [0.4, 0.5) is 0 Å². The maximum Gasteiger partial charge on any atom is 0.154 e. The third-order valence-corrected chi connectivity index (χ3v) is 3.88. The van der Waals surface area contributed by atoms with Gasteiger partial charge in [0.1, 0.15) is 17.3 Å². The van der Waals surface area contributed by atoms with Gasteiger partial charge in [-0.05, 0) is 30.4 Å². The van der Waals surface area contributed by atoms with Crippen molar-refractivity contribution in [2.75, 3.05) is 0 Å². The molecule has 0 saturated heterocycles. The van der Waals surface area contributed by atoms with Gasteiger partial charge in [0.15, 0.2) is 6.29 Å². The minimum atomic E-state index is -0.260. The molecule has 1 rings (SSSR count). The van der Waals surface area contributed by atoms with E-state index in [2.05, 4.69) is 6.92 Å². The number of unbranched alkanes of at least 4 members (excludes halogenated alkanes) is 3. The number of benzene rings is 1. The van der Waals surface area contributed by atoms with Gasteiger partial charge >= 0.3 is 0 Å². The van der Waals surface area contributed by atoms with Crippen molar-refractivity contribution in [3.63, 3.8) is 0 Å². The molecule has 0 aliphatic rings. The number of ketones is 1. The van der Waals surface area contributed by atoms with Gasteiger partial charge in [-0.15, -0.1) is 0 Å². The summed E-state index contributed by atoms with van der Waals surface area (Å²) < 4.78 is 0. The first-order valence-electron chi connectivity index (χ1n) is 8.08. The van der Waals surface area contributed by atoms with Crippen LogP contribution in [0.3, 0.4) is 0 Å². The van der Waals surface area contributed by atoms with Crippen LogP contribution in [0.2, 0.25) is 0 Å². The van der Waals surface area contributed by atoms with Gasteiger partial charge in [0.05, 0.1) is 5.56 Å². The monoisotopic (exact) mass is 306 g/mol. The van der Waals surface area contributed by atoms with Crippen LogP contribution in [0.25, 0.3) is 0 Å². The standard InChI is InChI=1S/C18H26O4/c1-3-5-7-8-13(20)10-15-14(9-6-4-2)17(21)11-18(22)16(15)12-19/h11-12,21-22H,3-10H2,1-2H3. The lowest BCUT2D eigenvalue weighted by Crippen LogP contribution is -2.09. The van der Waals surface area contributed by atoms with Crippen molar-refractivity contribution in [1.82, 2.24) is 0 Å². The Kier molecular flexibility index (Phi) is 7.64. The second kappa shape index (κ2) is 9.23. The smallest absolute Gasteiger partial charge is 0.154 e. The van der Waals surface area contributed by atoms with Crippen LogP contribution in [-0.4, -0.2) is 22.3 Å². The summed E-state index contributed by atoms with van der Waals surface area (Å²) in [5.74, 6) is -0.253. The van der Waals surface area contributed by atoms with Gasteiger partial charge in [-0.1, -0.05) is 33.1 Å². The van der Waals surface area contributed by atoms with Crippen LogP contribution in [0.5, 0.6) is 11.5 Å². The molecule has 0 fully saturated rings. The van der Waals surface area contributed by atoms with E-state index < -0.39 is 0 Å². The number of aromatic hydroxyl groups is 2. The number of phenols is 2. The molecule has 0 saturated carbocycles. The molecule has 1 aromatic rings. The molecule has 0 atom stereocenters. The predicted molar refractivity (Wildman–Crippen MR) is 86.6 cm³/mol. The average Bonchev–Trinajstić information content (AvgIpc) is 2.47. The molecule has 22 heavy (non-hydrogen) atoms. The summed E-state index contributed by atoms with van der Waals surface area (Å²) in [6.45, 7) is 4.11. The van der Waals surface area contributed by atoms with E-state index in [1.165, 1.54) is 6.07 Å². The summed E-state index contributed by atoms with van der Waals surface area (Å²) in [5, 5.41) is 19.9. The summed E-state index contributed by atoms with van der Waals surface area (Å²) in [6.07, 6.45) is 6.41. The van der Waals surface area contributed by atoms with Crippen LogP contribution in [0.15, 0.2) is 6.07 Å². The maximum atomic E-state index is 12.1. The van der Waals surface area contributed by atoms with E-state index in [4.69, 9.17) is 0 Å². The molecular weight excluding hydrogens is 280 g/mol. The van der Waals surface area contributed by atoms with Crippen LogP contribution in [-0.2, 0) is 17.6 Å². The maximum absolute atomic E-state index is 12.1. The Balaban J connectivity index is 3.06. The molecule has 122 valence electrons. The summed E-state index contributed by atoms with van der Waals surface area (Å²) in [6, 6.07) is 1.19. The molecule has 0 radical (unpaired) electrons. The van der Waals surface area contributed by atoms with Gasteiger partial charge in [0.2, 0.25) is 0 Å². The van der Waals surface area contributed by atoms with Gasteiger partial charge < -0.3 is 10.2 Å². The zero-order valence-electron chi connectivity index (χ0n) is 13.5. The summed E-state index contributed by atoms with van der Waals surface area (Å²) in [7, 11) is 0. The van der Waals surface area contributed by atoms with Crippen LogP contribution in [0, 0.1) is 0 Å². The molecule has 0 bridgehead atoms. The highest BCUT2D eigenvalue weighted by molar-refractivity contribution is 5.89. The Morgan fingerprint density at radius 3 is 2.32 bits per heavy atom. The fourth-order valence-corrected chi connectivity index (χ4v) is 2.59. The van der Waals surface area contributed by atoms with E-state index in [-0.39, 0.29) is 29.3 Å². The molecular formula is C18H26O4. The third-order valence-electron chi connectivity index (χ3n) is 3.88. The fourth-order valence-electron chi connectivity index (χ4n) is 2.59. The van der Waals surface area contributed by atoms with E-state index >= 15 is 0 Å². The zero-order chi connectivity index (χ0) is 16.5. The fraction of sp³-hybridized carbons (Fsp3) is 0.556. The molecule has 0 spiro atoms. The topological polar surface area (TPSA) is 74.6 Å². The lowest BCUT2D eigenvalue weighted by Gasteiger charge is -2.15. The van der Waals surface area contributed by atoms with Crippen LogP contribution < -0.4 is 0 Å². The van der Waals surface area contributed by atoms with Crippen LogP contribution in [0.1, 0.15) is 73.9 Å². The first kappa shape index (κ1) is 18.2. The summed E-state index contributed by atoms with van der Waals surface area (Å²) in [5.41, 5.74) is 1.24. The predicted octanol–water partition coefficient (Wildman–Crippen LogP) is 3.94. The molecule has 0 amide bonds. The second-order valence-corrected chi connectivity index (χ2v) is 5.68. The van der Waals surface area contributed by atoms with Gasteiger partial charge in [0.25, 0.3) is 0 Å². The van der Waals surface area contributed by atoms with Crippen molar-refractivity contribution in [3.8, 4) is 11.5 Å². The second-order valence-electron chi connectivity index (χ2n) is 5.68. The van der Waals surface area contributed by atoms with E-state index in [1.807, 2.05) is 6.92 Å². The Labute approximate surface area is 132 Å². The lowest BCUT2D eigenvalue weighted by atomic mass is 9.91. The van der Waals surface area contributed by atoms with E-state index in [0.717, 1.165) is 32.1 Å². The number of aldehydes is 1. The molecule has 4 nitrogen and oxygen atoms in total. The lowest BCUT2D eigenvalue weighted by molar-refractivity contribution is -0.118. The number of carbonyl (C=O) groups excluding carboxylic acids is 2. The average molecular weight is 306 g/mol. The Morgan fingerprint density at radius 1 is 1.05 bits per heavy atom. The summed E-state index contributed by atoms with van der Waals surface area (Å²) >= 11 is 0. The van der Waals surface area contributed by atoms with Crippen molar-refractivity contribution in [3.05, 3.63) is 22.8 Å². The van der Waals surface area contributed by atoms with Gasteiger partial charge in [-0.3, -0.25) is 9.59 Å². The number of hydrogen-bond donors (Lipinski definition) is 2. The largest absolute Gasteiger partial charge is 0.508 e. The number of phenolic OH excluding ortho intramolecular Hbond substituents is 2. The van der Waals surface area contributed by atoms with E-state index in [9.17, 15) is 19.8 Å². The Bertz CT molecular complexity index is 520. The Morgan fingerprint density at radius 2 is 1.73 bits per heavy atom. The van der Waals surface area contributed by atoms with Crippen molar-refractivity contribution < 1.29 is 19.8 Å². The van der Waals surface area contributed by atoms with E-state index in [1.54, 1.807) is 0 Å². The Hall–Kier alpha value is -1.84. The molecule has 0 aliphatic carbocycles. The number of hydrogen-bond acceptors (Lipinski definition) is 4. The SMILES string of the molecule is CCCCCC(=O)Cc1c(C=O)c(O)cc(O)c1CCCC. The zero-order valence-corrected chi connectivity index (χ0v) is 13.5. The molecule has 0 heterocycles. The minimum absolute atomic E-state index is 0.0343. The molecule has 0 aromatic heterocycles. The van der Waals surface area contributed by atoms with Gasteiger partial charge in [-0.25, -0.2) is 0 Å². The van der Waals surface area contributed by atoms with Gasteiger partial charge in [-0.2, -0.15) is 0 Å². The molecule has 0 unspecified atom stereocenters. The first-order valence-corrected chi connectivity index (χ1v) is 8.08. The molecule has 4 heteroatoms. The van der Waals surface area contributed by atoms with Crippen molar-refractivity contribution in [2.45, 2.75) is 65.2 Å². The quantitative estimate of drug-likeness (QED) is 0.507. The van der Waals surface area contributed by atoms with Crippen LogP contribution >= 0.6 is 0 Å². The molecule has 1 aromatic carbocycles. The highest BCUT2D eigenvalue weighted by Crippen LogP contribution is 2.33. The third kappa shape index (κ3) is 4.86. The highest BCUT2D eigenvalue weighted by atomic mass is 16.3.